The van der Waals surface area contributed by atoms with Gasteiger partial charge in [0.2, 0.25) is 0 Å². The molecule has 0 aliphatic heterocycles. The zero-order chi connectivity index (χ0) is 17.8. The molecule has 0 bridgehead atoms. The van der Waals surface area contributed by atoms with Gasteiger partial charge in [-0.2, -0.15) is 0 Å². The van der Waals surface area contributed by atoms with Crippen LogP contribution in [0.15, 0.2) is 29.8 Å². The van der Waals surface area contributed by atoms with E-state index in [-0.39, 0.29) is 5.41 Å². The number of carboxylic acid groups (broad SMARTS) is 1. The van der Waals surface area contributed by atoms with Gasteiger partial charge in [0.15, 0.2) is 0 Å². The molecule has 0 heterocycles. The third-order valence-electron chi connectivity index (χ3n) is 7.11. The van der Waals surface area contributed by atoms with Crippen molar-refractivity contribution in [3.63, 3.8) is 0 Å². The van der Waals surface area contributed by atoms with Crippen LogP contribution in [-0.4, -0.2) is 29.4 Å². The average molecular weight is 342 g/mol. The van der Waals surface area contributed by atoms with Crippen LogP contribution in [0, 0.1) is 17.3 Å². The molecule has 0 amide bonds. The first-order valence-electron chi connectivity index (χ1n) is 9.22. The van der Waals surface area contributed by atoms with Gasteiger partial charge in [-0.25, -0.2) is 4.79 Å². The summed E-state index contributed by atoms with van der Waals surface area (Å²) in [5.74, 6) is 1.37. The summed E-state index contributed by atoms with van der Waals surface area (Å²) < 4.78 is 5.37. The molecule has 2 saturated carbocycles. The van der Waals surface area contributed by atoms with Crippen LogP contribution < -0.4 is 4.74 Å². The highest BCUT2D eigenvalue weighted by atomic mass is 16.5. The number of rotatable bonds is 2. The van der Waals surface area contributed by atoms with E-state index in [1.807, 2.05) is 6.07 Å². The molecule has 1 aromatic carbocycles. The van der Waals surface area contributed by atoms with Crippen molar-refractivity contribution in [1.29, 1.82) is 0 Å². The van der Waals surface area contributed by atoms with Crippen LogP contribution in [0.3, 0.4) is 0 Å². The molecule has 134 valence electrons. The number of carbonyl (C=O) groups is 1. The Kier molecular flexibility index (Phi) is 3.91. The standard InChI is InChI=1S/C21H26O4/c1-21-8-7-16-15-6-4-14(25-2)9-12(15)3-5-17(16)18(21)10-13(20(21)24)11-19(22)23/h4,6,9,11,16-18,20,24H,3,5,7-8,10H2,1-2H3,(H,22,23). The van der Waals surface area contributed by atoms with E-state index in [0.717, 1.165) is 37.9 Å². The van der Waals surface area contributed by atoms with Crippen LogP contribution in [-0.2, 0) is 11.2 Å². The van der Waals surface area contributed by atoms with E-state index >= 15 is 0 Å². The first-order chi connectivity index (χ1) is 11.9. The molecule has 1 aromatic rings. The second-order valence-corrected chi connectivity index (χ2v) is 8.19. The van der Waals surface area contributed by atoms with Crippen molar-refractivity contribution in [1.82, 2.24) is 0 Å². The van der Waals surface area contributed by atoms with E-state index in [1.54, 1.807) is 7.11 Å². The van der Waals surface area contributed by atoms with Crippen LogP contribution >= 0.6 is 0 Å². The predicted octanol–water partition coefficient (Wildman–Crippen LogP) is 3.53. The third kappa shape index (κ3) is 2.50. The van der Waals surface area contributed by atoms with E-state index < -0.39 is 12.1 Å². The van der Waals surface area contributed by atoms with Crippen molar-refractivity contribution in [2.45, 2.75) is 51.0 Å². The van der Waals surface area contributed by atoms with Crippen LogP contribution in [0.1, 0.15) is 49.7 Å². The van der Waals surface area contributed by atoms with Gasteiger partial charge in [0.05, 0.1) is 13.2 Å². The lowest BCUT2D eigenvalue weighted by Gasteiger charge is -2.49. The van der Waals surface area contributed by atoms with Crippen molar-refractivity contribution < 1.29 is 19.7 Å². The second kappa shape index (κ2) is 5.87. The van der Waals surface area contributed by atoms with Crippen LogP contribution in [0.5, 0.6) is 5.75 Å². The summed E-state index contributed by atoms with van der Waals surface area (Å²) in [4.78, 5) is 11.1. The number of carboxylic acids is 1. The van der Waals surface area contributed by atoms with E-state index in [1.165, 1.54) is 17.2 Å². The number of benzene rings is 1. The van der Waals surface area contributed by atoms with Gasteiger partial charge in [-0.15, -0.1) is 0 Å². The van der Waals surface area contributed by atoms with Crippen LogP contribution in [0.4, 0.5) is 0 Å². The largest absolute Gasteiger partial charge is 0.497 e. The molecule has 3 aliphatic rings. The molecule has 2 fully saturated rings. The SMILES string of the molecule is COc1ccc2c(c1)CCC1C2CCC2(C)C(O)C(=CC(=O)O)CC12. The average Bonchev–Trinajstić information content (AvgIpc) is 2.85. The van der Waals surface area contributed by atoms with E-state index in [0.29, 0.717) is 23.3 Å². The molecule has 4 nitrogen and oxygen atoms in total. The van der Waals surface area contributed by atoms with Crippen molar-refractivity contribution in [2.75, 3.05) is 7.11 Å². The summed E-state index contributed by atoms with van der Waals surface area (Å²) in [6.07, 6.45) is 5.50. The number of aliphatic hydroxyl groups excluding tert-OH is 1. The normalized spacial score (nSPS) is 38.0. The Hall–Kier alpha value is -1.81. The molecule has 4 heteroatoms. The van der Waals surface area contributed by atoms with Gasteiger partial charge in [-0.1, -0.05) is 13.0 Å². The number of fused-ring (bicyclic) bond motifs is 5. The quantitative estimate of drug-likeness (QED) is 0.807. The minimum absolute atomic E-state index is 0.188. The molecule has 0 radical (unpaired) electrons. The highest BCUT2D eigenvalue weighted by Gasteiger charge is 2.56. The van der Waals surface area contributed by atoms with Crippen molar-refractivity contribution in [2.24, 2.45) is 17.3 Å². The van der Waals surface area contributed by atoms with Crippen LogP contribution in [0.2, 0.25) is 0 Å². The Bertz CT molecular complexity index is 737. The van der Waals surface area contributed by atoms with Gasteiger partial charge < -0.3 is 14.9 Å². The fourth-order valence-corrected chi connectivity index (χ4v) is 5.84. The molecule has 0 aromatic heterocycles. The summed E-state index contributed by atoms with van der Waals surface area (Å²) in [7, 11) is 1.70. The lowest BCUT2D eigenvalue weighted by Crippen LogP contribution is -2.44. The summed E-state index contributed by atoms with van der Waals surface area (Å²) in [5, 5.41) is 19.9. The predicted molar refractivity (Wildman–Crippen MR) is 94.7 cm³/mol. The Balaban J connectivity index is 1.68. The summed E-state index contributed by atoms with van der Waals surface area (Å²) in [6, 6.07) is 6.43. The molecular formula is C21H26O4. The maximum atomic E-state index is 11.1. The number of ether oxygens (including phenoxy) is 1. The van der Waals surface area contributed by atoms with E-state index in [4.69, 9.17) is 9.84 Å². The number of aliphatic hydroxyl groups is 1. The minimum Gasteiger partial charge on any atom is -0.497 e. The number of aliphatic carboxylic acids is 1. The Morgan fingerprint density at radius 2 is 2.16 bits per heavy atom. The van der Waals surface area contributed by atoms with Gasteiger partial charge in [0.1, 0.15) is 5.75 Å². The van der Waals surface area contributed by atoms with Gasteiger partial charge in [-0.05, 0) is 78.7 Å². The number of methoxy groups -OCH3 is 1. The molecule has 5 atom stereocenters. The Morgan fingerprint density at radius 1 is 1.36 bits per heavy atom. The Morgan fingerprint density at radius 3 is 2.88 bits per heavy atom. The minimum atomic E-state index is -0.950. The molecule has 0 spiro atoms. The molecule has 5 unspecified atom stereocenters. The fourth-order valence-electron chi connectivity index (χ4n) is 5.84. The lowest BCUT2D eigenvalue weighted by atomic mass is 9.55. The van der Waals surface area contributed by atoms with Gasteiger partial charge in [0.25, 0.3) is 0 Å². The summed E-state index contributed by atoms with van der Waals surface area (Å²) in [6.45, 7) is 2.16. The molecule has 3 aliphatic carbocycles. The maximum absolute atomic E-state index is 11.1. The van der Waals surface area contributed by atoms with E-state index in [9.17, 15) is 9.90 Å². The molecule has 0 saturated heterocycles. The van der Waals surface area contributed by atoms with Gasteiger partial charge in [-0.3, -0.25) is 0 Å². The molecule has 4 rings (SSSR count). The fraction of sp³-hybridized carbons (Fsp3) is 0.571. The monoisotopic (exact) mass is 342 g/mol. The number of aryl methyl sites for hydroxylation is 1. The highest BCUT2D eigenvalue weighted by molar-refractivity contribution is 5.81. The van der Waals surface area contributed by atoms with Crippen LogP contribution in [0.25, 0.3) is 0 Å². The smallest absolute Gasteiger partial charge is 0.328 e. The van der Waals surface area contributed by atoms with Crippen molar-refractivity contribution >= 4 is 5.97 Å². The van der Waals surface area contributed by atoms with E-state index in [2.05, 4.69) is 19.1 Å². The summed E-state index contributed by atoms with van der Waals surface area (Å²) in [5.41, 5.74) is 3.35. The first kappa shape index (κ1) is 16.6. The highest BCUT2D eigenvalue weighted by Crippen LogP contribution is 2.62. The number of hydrogen-bond acceptors (Lipinski definition) is 3. The molecular weight excluding hydrogens is 316 g/mol. The lowest BCUT2D eigenvalue weighted by molar-refractivity contribution is -0.131. The Labute approximate surface area is 148 Å². The first-order valence-corrected chi connectivity index (χ1v) is 9.22. The third-order valence-corrected chi connectivity index (χ3v) is 7.11. The summed E-state index contributed by atoms with van der Waals surface area (Å²) >= 11 is 0. The van der Waals surface area contributed by atoms with Gasteiger partial charge in [0, 0.05) is 11.5 Å². The van der Waals surface area contributed by atoms with Gasteiger partial charge >= 0.3 is 5.97 Å². The molecule has 2 N–H and O–H groups in total. The maximum Gasteiger partial charge on any atom is 0.328 e. The zero-order valence-electron chi connectivity index (χ0n) is 14.9. The van der Waals surface area contributed by atoms with Crippen molar-refractivity contribution in [3.05, 3.63) is 41.0 Å². The number of hydrogen-bond donors (Lipinski definition) is 2. The second-order valence-electron chi connectivity index (χ2n) is 8.19. The van der Waals surface area contributed by atoms with Crippen molar-refractivity contribution in [3.8, 4) is 5.75 Å². The molecule has 25 heavy (non-hydrogen) atoms. The topological polar surface area (TPSA) is 66.8 Å². The zero-order valence-corrected chi connectivity index (χ0v) is 14.9.